The lowest BCUT2D eigenvalue weighted by atomic mass is 9.74. The molecule has 4 nitrogen and oxygen atoms in total. The molecule has 1 aromatic rings. The fourth-order valence-corrected chi connectivity index (χ4v) is 3.92. The van der Waals surface area contributed by atoms with Crippen molar-refractivity contribution in [3.8, 4) is 11.5 Å². The molecule has 0 aromatic heterocycles. The van der Waals surface area contributed by atoms with E-state index in [1.54, 1.807) is 7.11 Å². The lowest BCUT2D eigenvalue weighted by molar-refractivity contribution is 0.0600. The van der Waals surface area contributed by atoms with Crippen molar-refractivity contribution in [2.75, 3.05) is 33.3 Å². The molecule has 2 heterocycles. The highest BCUT2D eigenvalue weighted by Gasteiger charge is 2.36. The van der Waals surface area contributed by atoms with Gasteiger partial charge in [0.25, 0.3) is 0 Å². The Morgan fingerprint density at radius 1 is 1.33 bits per heavy atom. The van der Waals surface area contributed by atoms with Crippen LogP contribution in [0.5, 0.6) is 11.5 Å². The maximum absolute atomic E-state index is 9.91. The van der Waals surface area contributed by atoms with Crippen LogP contribution >= 0.6 is 0 Å². The van der Waals surface area contributed by atoms with Crippen LogP contribution in [-0.2, 0) is 6.54 Å². The van der Waals surface area contributed by atoms with Gasteiger partial charge in [-0.25, -0.2) is 0 Å². The van der Waals surface area contributed by atoms with E-state index in [1.807, 2.05) is 12.1 Å². The second-order valence-corrected chi connectivity index (χ2v) is 6.60. The molecule has 1 aromatic carbocycles. The fourth-order valence-electron chi connectivity index (χ4n) is 3.92. The van der Waals surface area contributed by atoms with Crippen molar-refractivity contribution < 1.29 is 9.84 Å². The summed E-state index contributed by atoms with van der Waals surface area (Å²) in [6, 6.07) is 5.74. The lowest BCUT2D eigenvalue weighted by Gasteiger charge is -2.45. The van der Waals surface area contributed by atoms with Crippen molar-refractivity contribution in [1.29, 1.82) is 0 Å². The van der Waals surface area contributed by atoms with E-state index in [-0.39, 0.29) is 5.75 Å². The summed E-state index contributed by atoms with van der Waals surface area (Å²) in [6.07, 6.45) is 5.29. The van der Waals surface area contributed by atoms with E-state index < -0.39 is 0 Å². The number of nitrogens with zero attached hydrogens (tertiary/aromatic N) is 1. The largest absolute Gasteiger partial charge is 0.504 e. The van der Waals surface area contributed by atoms with Gasteiger partial charge in [-0.15, -0.1) is 0 Å². The minimum Gasteiger partial charge on any atom is -0.504 e. The van der Waals surface area contributed by atoms with Crippen LogP contribution in [0.4, 0.5) is 0 Å². The van der Waals surface area contributed by atoms with E-state index in [2.05, 4.69) is 16.3 Å². The summed E-state index contributed by atoms with van der Waals surface area (Å²) in [5.74, 6) is 0.784. The van der Waals surface area contributed by atoms with Crippen molar-refractivity contribution in [1.82, 2.24) is 10.2 Å². The van der Waals surface area contributed by atoms with E-state index in [0.29, 0.717) is 11.2 Å². The third kappa shape index (κ3) is 3.33. The molecule has 4 heteroatoms. The topological polar surface area (TPSA) is 44.7 Å². The SMILES string of the molecule is COc1ccc(CN2CCCC3(CCCNC3)C2)cc1O. The van der Waals surface area contributed by atoms with Gasteiger partial charge in [-0.1, -0.05) is 6.07 Å². The van der Waals surface area contributed by atoms with E-state index in [9.17, 15) is 5.11 Å². The van der Waals surface area contributed by atoms with Gasteiger partial charge in [0.15, 0.2) is 11.5 Å². The molecular formula is C17H26N2O2. The number of rotatable bonds is 3. The monoisotopic (exact) mass is 290 g/mol. The Bertz CT molecular complexity index is 478. The standard InChI is InChI=1S/C17H26N2O2/c1-21-16-5-4-14(10-15(16)20)11-19-9-3-7-17(13-19)6-2-8-18-12-17/h4-5,10,18,20H,2-3,6-9,11-13H2,1H3. The van der Waals surface area contributed by atoms with Crippen molar-refractivity contribution in [2.24, 2.45) is 5.41 Å². The maximum Gasteiger partial charge on any atom is 0.160 e. The highest BCUT2D eigenvalue weighted by molar-refractivity contribution is 5.41. The number of phenols is 1. The van der Waals surface area contributed by atoms with Crippen LogP contribution in [-0.4, -0.2) is 43.3 Å². The van der Waals surface area contributed by atoms with Gasteiger partial charge < -0.3 is 15.2 Å². The zero-order valence-electron chi connectivity index (χ0n) is 12.9. The second-order valence-electron chi connectivity index (χ2n) is 6.60. The molecule has 0 aliphatic carbocycles. The van der Waals surface area contributed by atoms with Crippen LogP contribution in [0.1, 0.15) is 31.2 Å². The number of piperidine rings is 2. The first-order valence-electron chi connectivity index (χ1n) is 8.00. The zero-order chi connectivity index (χ0) is 14.7. The number of ether oxygens (including phenoxy) is 1. The van der Waals surface area contributed by atoms with Crippen LogP contribution in [0.25, 0.3) is 0 Å². The number of aromatic hydroxyl groups is 1. The van der Waals surface area contributed by atoms with Gasteiger partial charge in [0.1, 0.15) is 0 Å². The summed E-state index contributed by atoms with van der Waals surface area (Å²) >= 11 is 0. The summed E-state index contributed by atoms with van der Waals surface area (Å²) in [6.45, 7) is 5.59. The van der Waals surface area contributed by atoms with Gasteiger partial charge in [0, 0.05) is 19.6 Å². The van der Waals surface area contributed by atoms with Crippen LogP contribution in [0.15, 0.2) is 18.2 Å². The highest BCUT2D eigenvalue weighted by Crippen LogP contribution is 2.36. The van der Waals surface area contributed by atoms with E-state index >= 15 is 0 Å². The number of nitrogens with one attached hydrogen (secondary N) is 1. The summed E-state index contributed by atoms with van der Waals surface area (Å²) in [5.41, 5.74) is 1.64. The van der Waals surface area contributed by atoms with Crippen molar-refractivity contribution >= 4 is 0 Å². The molecule has 2 aliphatic rings. The number of hydrogen-bond acceptors (Lipinski definition) is 4. The number of methoxy groups -OCH3 is 1. The van der Waals surface area contributed by atoms with Gasteiger partial charge in [0.2, 0.25) is 0 Å². The molecular weight excluding hydrogens is 264 g/mol. The lowest BCUT2D eigenvalue weighted by Crippen LogP contribution is -2.50. The molecule has 116 valence electrons. The summed E-state index contributed by atoms with van der Waals surface area (Å²) in [4.78, 5) is 2.54. The zero-order valence-corrected chi connectivity index (χ0v) is 12.9. The third-order valence-electron chi connectivity index (χ3n) is 4.95. The first-order valence-corrected chi connectivity index (χ1v) is 8.00. The summed E-state index contributed by atoms with van der Waals surface area (Å²) < 4.78 is 5.11. The summed E-state index contributed by atoms with van der Waals surface area (Å²) in [7, 11) is 1.58. The molecule has 2 aliphatic heterocycles. The van der Waals surface area contributed by atoms with Gasteiger partial charge in [-0.2, -0.15) is 0 Å². The van der Waals surface area contributed by atoms with Crippen molar-refractivity contribution in [3.63, 3.8) is 0 Å². The Balaban J connectivity index is 1.65. The molecule has 2 fully saturated rings. The van der Waals surface area contributed by atoms with Crippen LogP contribution in [0.3, 0.4) is 0 Å². The van der Waals surface area contributed by atoms with Crippen LogP contribution in [0.2, 0.25) is 0 Å². The van der Waals surface area contributed by atoms with Crippen LogP contribution in [0, 0.1) is 5.41 Å². The number of benzene rings is 1. The molecule has 21 heavy (non-hydrogen) atoms. The number of likely N-dealkylation sites (tertiary alicyclic amines) is 1. The quantitative estimate of drug-likeness (QED) is 0.897. The molecule has 3 rings (SSSR count). The van der Waals surface area contributed by atoms with Crippen molar-refractivity contribution in [3.05, 3.63) is 23.8 Å². The fraction of sp³-hybridized carbons (Fsp3) is 0.647. The Hall–Kier alpha value is -1.26. The normalized spacial score (nSPS) is 26.9. The Morgan fingerprint density at radius 2 is 2.19 bits per heavy atom. The minimum atomic E-state index is 0.237. The van der Waals surface area contributed by atoms with Gasteiger partial charge >= 0.3 is 0 Å². The molecule has 2 saturated heterocycles. The molecule has 1 spiro atoms. The van der Waals surface area contributed by atoms with Gasteiger partial charge in [-0.05, 0) is 61.9 Å². The molecule has 2 N–H and O–H groups in total. The first-order chi connectivity index (χ1) is 10.2. The second kappa shape index (κ2) is 6.24. The molecule has 0 amide bonds. The average Bonchev–Trinajstić information content (AvgIpc) is 2.48. The molecule has 1 atom stereocenters. The molecule has 1 unspecified atom stereocenters. The van der Waals surface area contributed by atoms with Gasteiger partial charge in [0.05, 0.1) is 7.11 Å². The van der Waals surface area contributed by atoms with E-state index in [0.717, 1.165) is 25.2 Å². The molecule has 0 saturated carbocycles. The number of hydrogen-bond donors (Lipinski definition) is 2. The molecule has 0 radical (unpaired) electrons. The maximum atomic E-state index is 9.91. The molecule has 0 bridgehead atoms. The van der Waals surface area contributed by atoms with E-state index in [1.165, 1.54) is 38.8 Å². The van der Waals surface area contributed by atoms with Crippen molar-refractivity contribution in [2.45, 2.75) is 32.2 Å². The Kier molecular flexibility index (Phi) is 4.36. The average molecular weight is 290 g/mol. The minimum absolute atomic E-state index is 0.237. The van der Waals surface area contributed by atoms with E-state index in [4.69, 9.17) is 4.74 Å². The van der Waals surface area contributed by atoms with Gasteiger partial charge in [-0.3, -0.25) is 4.90 Å². The third-order valence-corrected chi connectivity index (χ3v) is 4.95. The Labute approximate surface area is 127 Å². The smallest absolute Gasteiger partial charge is 0.160 e. The highest BCUT2D eigenvalue weighted by atomic mass is 16.5. The first kappa shape index (κ1) is 14.7. The predicted molar refractivity (Wildman–Crippen MR) is 83.7 cm³/mol. The predicted octanol–water partition coefficient (Wildman–Crippen LogP) is 2.37. The van der Waals surface area contributed by atoms with Crippen LogP contribution < -0.4 is 10.1 Å². The summed E-state index contributed by atoms with van der Waals surface area (Å²) in [5, 5.41) is 13.5. The number of phenolic OH excluding ortho intramolecular Hbond substituents is 1. The Morgan fingerprint density at radius 3 is 2.90 bits per heavy atom.